The molecule has 92 valence electrons. The third kappa shape index (κ3) is 3.12. The van der Waals surface area contributed by atoms with Gasteiger partial charge in [-0.1, -0.05) is 6.07 Å². The fraction of sp³-hybridized carbons (Fsp3) is 0.300. The Morgan fingerprint density at radius 2 is 1.47 bits per heavy atom. The first-order valence-corrected chi connectivity index (χ1v) is 4.30. The second-order valence-electron chi connectivity index (χ2n) is 3.21. The maximum atomic E-state index is 12.4. The quantitative estimate of drug-likeness (QED) is 0.698. The summed E-state index contributed by atoms with van der Waals surface area (Å²) in [5, 5.41) is 8.29. The Labute approximate surface area is 92.3 Å². The summed E-state index contributed by atoms with van der Waals surface area (Å²) in [6.45, 7) is 0. The lowest BCUT2D eigenvalue weighted by Crippen LogP contribution is -2.16. The van der Waals surface area contributed by atoms with Gasteiger partial charge in [-0.25, -0.2) is 0 Å². The van der Waals surface area contributed by atoms with Crippen LogP contribution >= 0.6 is 0 Å². The number of rotatable bonds is 1. The lowest BCUT2D eigenvalue weighted by Gasteiger charge is -2.15. The van der Waals surface area contributed by atoms with E-state index < -0.39 is 23.5 Å². The van der Waals surface area contributed by atoms with Crippen molar-refractivity contribution in [2.75, 3.05) is 0 Å². The predicted molar refractivity (Wildman–Crippen MR) is 45.8 cm³/mol. The molecule has 1 rings (SSSR count). The van der Waals surface area contributed by atoms with E-state index in [-0.39, 0.29) is 12.0 Å². The Kier molecular flexibility index (Phi) is 3.36. The van der Waals surface area contributed by atoms with Gasteiger partial charge in [0, 0.05) is 0 Å². The van der Waals surface area contributed by atoms with Crippen molar-refractivity contribution >= 4 is 0 Å². The molecule has 0 aliphatic carbocycles. The number of halogens is 6. The number of hydrogen-bond donors (Lipinski definition) is 0. The van der Waals surface area contributed by atoms with Gasteiger partial charge in [0.2, 0.25) is 0 Å². The average molecular weight is 253 g/mol. The van der Waals surface area contributed by atoms with Crippen LogP contribution in [0.5, 0.6) is 0 Å². The Bertz CT molecular complexity index is 451. The van der Waals surface area contributed by atoms with Gasteiger partial charge in [0.1, 0.15) is 0 Å². The molecule has 0 saturated carbocycles. The first-order valence-electron chi connectivity index (χ1n) is 4.30. The highest BCUT2D eigenvalue weighted by Gasteiger charge is 2.42. The first kappa shape index (κ1) is 13.4. The molecular weight excluding hydrogens is 248 g/mol. The van der Waals surface area contributed by atoms with Crippen LogP contribution in [0.15, 0.2) is 18.2 Å². The standard InChI is InChI=1S/C10H5F6N/c11-9(12,13)7-2-1-6(3-4-17)5-8(7)10(14,15)16/h1-2,5H,3H2. The minimum Gasteiger partial charge on any atom is -0.198 e. The van der Waals surface area contributed by atoms with E-state index >= 15 is 0 Å². The number of hydrogen-bond acceptors (Lipinski definition) is 1. The fourth-order valence-electron chi connectivity index (χ4n) is 1.27. The van der Waals surface area contributed by atoms with Crippen molar-refractivity contribution < 1.29 is 26.3 Å². The van der Waals surface area contributed by atoms with Crippen LogP contribution in [0.4, 0.5) is 26.3 Å². The lowest BCUT2D eigenvalue weighted by molar-refractivity contribution is -0.162. The summed E-state index contributed by atoms with van der Waals surface area (Å²) in [4.78, 5) is 0. The zero-order valence-corrected chi connectivity index (χ0v) is 8.15. The van der Waals surface area contributed by atoms with Crippen LogP contribution in [-0.4, -0.2) is 0 Å². The van der Waals surface area contributed by atoms with Gasteiger partial charge in [-0.05, 0) is 17.7 Å². The van der Waals surface area contributed by atoms with Crippen LogP contribution in [0, 0.1) is 11.3 Å². The van der Waals surface area contributed by atoms with E-state index in [0.717, 1.165) is 6.07 Å². The monoisotopic (exact) mass is 253 g/mol. The van der Waals surface area contributed by atoms with Crippen LogP contribution in [-0.2, 0) is 18.8 Å². The topological polar surface area (TPSA) is 23.8 Å². The van der Waals surface area contributed by atoms with Crippen LogP contribution < -0.4 is 0 Å². The third-order valence-electron chi connectivity index (χ3n) is 1.98. The summed E-state index contributed by atoms with van der Waals surface area (Å²) in [5.74, 6) is 0. The average Bonchev–Trinajstić information content (AvgIpc) is 2.15. The van der Waals surface area contributed by atoms with Crippen molar-refractivity contribution in [1.82, 2.24) is 0 Å². The highest BCUT2D eigenvalue weighted by molar-refractivity contribution is 5.37. The zero-order chi connectivity index (χ0) is 13.3. The Morgan fingerprint density at radius 3 is 1.88 bits per heavy atom. The highest BCUT2D eigenvalue weighted by Crippen LogP contribution is 2.40. The van der Waals surface area contributed by atoms with Crippen molar-refractivity contribution in [3.8, 4) is 6.07 Å². The molecule has 0 aliphatic heterocycles. The summed E-state index contributed by atoms with van der Waals surface area (Å²) in [5.41, 5.74) is -3.61. The second-order valence-corrected chi connectivity index (χ2v) is 3.21. The Hall–Kier alpha value is -1.71. The molecule has 0 N–H and O–H groups in total. The van der Waals surface area contributed by atoms with Crippen LogP contribution in [0.3, 0.4) is 0 Å². The molecule has 1 nitrogen and oxygen atoms in total. The molecule has 17 heavy (non-hydrogen) atoms. The Balaban J connectivity index is 3.39. The van der Waals surface area contributed by atoms with Crippen molar-refractivity contribution in [3.63, 3.8) is 0 Å². The van der Waals surface area contributed by atoms with E-state index in [2.05, 4.69) is 0 Å². The molecule has 0 unspecified atom stereocenters. The van der Waals surface area contributed by atoms with Gasteiger partial charge in [-0.2, -0.15) is 31.6 Å². The molecule has 0 amide bonds. The molecule has 0 saturated heterocycles. The summed E-state index contributed by atoms with van der Waals surface area (Å²) in [6, 6.07) is 3.13. The predicted octanol–water partition coefficient (Wildman–Crippen LogP) is 3.79. The van der Waals surface area contributed by atoms with E-state index in [4.69, 9.17) is 5.26 Å². The summed E-state index contributed by atoms with van der Waals surface area (Å²) >= 11 is 0. The van der Waals surface area contributed by atoms with Crippen LogP contribution in [0.1, 0.15) is 16.7 Å². The minimum atomic E-state index is -5.10. The summed E-state index contributed by atoms with van der Waals surface area (Å²) < 4.78 is 74.2. The molecule has 0 radical (unpaired) electrons. The molecular formula is C10H5F6N. The smallest absolute Gasteiger partial charge is 0.198 e. The van der Waals surface area contributed by atoms with E-state index in [1.807, 2.05) is 0 Å². The first-order chi connectivity index (χ1) is 7.66. The fourth-order valence-corrected chi connectivity index (χ4v) is 1.27. The maximum absolute atomic E-state index is 12.4. The number of benzene rings is 1. The Morgan fingerprint density at radius 1 is 0.941 bits per heavy atom. The summed E-state index contributed by atoms with van der Waals surface area (Å²) in [7, 11) is 0. The number of nitrogens with zero attached hydrogens (tertiary/aromatic N) is 1. The lowest BCUT2D eigenvalue weighted by atomic mass is 10.0. The highest BCUT2D eigenvalue weighted by atomic mass is 19.4. The van der Waals surface area contributed by atoms with Gasteiger partial charge in [0.15, 0.2) is 0 Å². The van der Waals surface area contributed by atoms with E-state index in [1.54, 1.807) is 6.07 Å². The second kappa shape index (κ2) is 4.28. The van der Waals surface area contributed by atoms with Gasteiger partial charge >= 0.3 is 12.4 Å². The van der Waals surface area contributed by atoms with Gasteiger partial charge in [0.05, 0.1) is 23.6 Å². The third-order valence-corrected chi connectivity index (χ3v) is 1.98. The van der Waals surface area contributed by atoms with Crippen LogP contribution in [0.2, 0.25) is 0 Å². The molecule has 1 aromatic carbocycles. The van der Waals surface area contributed by atoms with Crippen molar-refractivity contribution in [1.29, 1.82) is 5.26 Å². The van der Waals surface area contributed by atoms with E-state index in [9.17, 15) is 26.3 Å². The molecule has 7 heteroatoms. The SMILES string of the molecule is N#CCc1ccc(C(F)(F)F)c(C(F)(F)F)c1. The van der Waals surface area contributed by atoms with E-state index in [1.165, 1.54) is 0 Å². The maximum Gasteiger partial charge on any atom is 0.417 e. The van der Waals surface area contributed by atoms with Gasteiger partial charge in [-0.3, -0.25) is 0 Å². The molecule has 0 heterocycles. The largest absolute Gasteiger partial charge is 0.417 e. The van der Waals surface area contributed by atoms with Crippen molar-refractivity contribution in [2.24, 2.45) is 0 Å². The molecule has 0 atom stereocenters. The van der Waals surface area contributed by atoms with Crippen molar-refractivity contribution in [2.45, 2.75) is 18.8 Å². The number of nitriles is 1. The van der Waals surface area contributed by atoms with Gasteiger partial charge in [-0.15, -0.1) is 0 Å². The van der Waals surface area contributed by atoms with Crippen molar-refractivity contribution in [3.05, 3.63) is 34.9 Å². The molecule has 1 aromatic rings. The number of alkyl halides is 6. The molecule has 0 aliphatic rings. The molecule has 0 aromatic heterocycles. The minimum absolute atomic E-state index is 0.104. The molecule has 0 fully saturated rings. The van der Waals surface area contributed by atoms with Gasteiger partial charge < -0.3 is 0 Å². The molecule has 0 bridgehead atoms. The summed E-state index contributed by atoms with van der Waals surface area (Å²) in [6.07, 6.45) is -10.5. The van der Waals surface area contributed by atoms with E-state index in [0.29, 0.717) is 12.1 Å². The zero-order valence-electron chi connectivity index (χ0n) is 8.15. The van der Waals surface area contributed by atoms with Gasteiger partial charge in [0.25, 0.3) is 0 Å². The van der Waals surface area contributed by atoms with Crippen LogP contribution in [0.25, 0.3) is 0 Å². The normalized spacial score (nSPS) is 12.3. The molecule has 0 spiro atoms.